The minimum Gasteiger partial charge on any atom is -0.334 e. The largest absolute Gasteiger partial charge is 0.334 e. The van der Waals surface area contributed by atoms with Crippen molar-refractivity contribution in [2.75, 3.05) is 13.1 Å². The summed E-state index contributed by atoms with van der Waals surface area (Å²) in [7, 11) is 0. The molecule has 0 unspecified atom stereocenters. The van der Waals surface area contributed by atoms with Gasteiger partial charge in [-0.2, -0.15) is 0 Å². The quantitative estimate of drug-likeness (QED) is 0.754. The number of likely N-dealkylation sites (tertiary alicyclic amines) is 2. The normalized spacial score (nSPS) is 19.4. The molecule has 0 spiro atoms. The molecule has 0 saturated carbocycles. The predicted molar refractivity (Wildman–Crippen MR) is 72.0 cm³/mol. The molecule has 0 aliphatic carbocycles. The van der Waals surface area contributed by atoms with Crippen LogP contribution in [0.15, 0.2) is 24.3 Å². The van der Waals surface area contributed by atoms with Crippen LogP contribution in [0.3, 0.4) is 0 Å². The van der Waals surface area contributed by atoms with Crippen molar-refractivity contribution >= 4 is 17.7 Å². The molecule has 0 N–H and O–H groups in total. The molecule has 1 aromatic rings. The number of aryl methyl sites for hydroxylation is 1. The van der Waals surface area contributed by atoms with Crippen molar-refractivity contribution in [1.82, 2.24) is 9.80 Å². The summed E-state index contributed by atoms with van der Waals surface area (Å²) in [6, 6.07) is 7.30. The van der Waals surface area contributed by atoms with Gasteiger partial charge in [-0.1, -0.05) is 18.2 Å². The van der Waals surface area contributed by atoms with Gasteiger partial charge in [0.1, 0.15) is 0 Å². The van der Waals surface area contributed by atoms with Crippen molar-refractivity contribution in [3.05, 3.63) is 35.4 Å². The molecule has 2 heterocycles. The number of amides is 3. The van der Waals surface area contributed by atoms with Crippen LogP contribution in [-0.4, -0.2) is 46.7 Å². The van der Waals surface area contributed by atoms with Crippen LogP contribution in [0.1, 0.15) is 28.8 Å². The van der Waals surface area contributed by atoms with E-state index < -0.39 is 0 Å². The van der Waals surface area contributed by atoms with E-state index >= 15 is 0 Å². The standard InChI is InChI=1S/C15H16N2O3/c1-10-4-2-3-5-12(10)15(20)16-8-11(9-16)17-13(18)6-7-14(17)19/h2-5,11H,6-9H2,1H3. The summed E-state index contributed by atoms with van der Waals surface area (Å²) in [6.45, 7) is 2.80. The first kappa shape index (κ1) is 12.8. The molecule has 104 valence electrons. The van der Waals surface area contributed by atoms with Crippen LogP contribution in [0.25, 0.3) is 0 Å². The van der Waals surface area contributed by atoms with Crippen molar-refractivity contribution in [3.8, 4) is 0 Å². The number of benzene rings is 1. The maximum absolute atomic E-state index is 12.3. The van der Waals surface area contributed by atoms with E-state index in [2.05, 4.69) is 0 Å². The van der Waals surface area contributed by atoms with Crippen molar-refractivity contribution in [2.24, 2.45) is 0 Å². The Labute approximate surface area is 117 Å². The second kappa shape index (κ2) is 4.74. The fourth-order valence-corrected chi connectivity index (χ4v) is 2.77. The SMILES string of the molecule is Cc1ccccc1C(=O)N1CC(N2C(=O)CCC2=O)C1. The van der Waals surface area contributed by atoms with Crippen LogP contribution in [0.5, 0.6) is 0 Å². The third-order valence-electron chi connectivity index (χ3n) is 3.98. The smallest absolute Gasteiger partial charge is 0.254 e. The van der Waals surface area contributed by atoms with Crippen LogP contribution >= 0.6 is 0 Å². The van der Waals surface area contributed by atoms with Crippen molar-refractivity contribution in [2.45, 2.75) is 25.8 Å². The van der Waals surface area contributed by atoms with Crippen LogP contribution in [0.4, 0.5) is 0 Å². The molecule has 0 atom stereocenters. The van der Waals surface area contributed by atoms with Crippen molar-refractivity contribution in [1.29, 1.82) is 0 Å². The zero-order chi connectivity index (χ0) is 14.3. The van der Waals surface area contributed by atoms with E-state index in [1.165, 1.54) is 4.90 Å². The Morgan fingerprint density at radius 3 is 2.30 bits per heavy atom. The monoisotopic (exact) mass is 272 g/mol. The Hall–Kier alpha value is -2.17. The summed E-state index contributed by atoms with van der Waals surface area (Å²) in [4.78, 5) is 38.6. The molecule has 2 aliphatic rings. The second-order valence-corrected chi connectivity index (χ2v) is 5.34. The van der Waals surface area contributed by atoms with Gasteiger partial charge in [0, 0.05) is 31.5 Å². The lowest BCUT2D eigenvalue weighted by Crippen LogP contribution is -2.62. The van der Waals surface area contributed by atoms with Gasteiger partial charge in [0.2, 0.25) is 11.8 Å². The highest BCUT2D eigenvalue weighted by Crippen LogP contribution is 2.24. The first-order valence-electron chi connectivity index (χ1n) is 6.77. The van der Waals surface area contributed by atoms with Gasteiger partial charge in [-0.05, 0) is 18.6 Å². The van der Waals surface area contributed by atoms with E-state index in [0.29, 0.717) is 31.5 Å². The van der Waals surface area contributed by atoms with Crippen LogP contribution in [0, 0.1) is 6.92 Å². The van der Waals surface area contributed by atoms with E-state index in [1.54, 1.807) is 11.0 Å². The molecule has 2 aliphatic heterocycles. The molecule has 0 radical (unpaired) electrons. The first-order valence-corrected chi connectivity index (χ1v) is 6.77. The van der Waals surface area contributed by atoms with Crippen LogP contribution in [-0.2, 0) is 9.59 Å². The summed E-state index contributed by atoms with van der Waals surface area (Å²) in [5.74, 6) is -0.246. The topological polar surface area (TPSA) is 57.7 Å². The Morgan fingerprint density at radius 1 is 1.10 bits per heavy atom. The predicted octanol–water partition coefficient (Wildman–Crippen LogP) is 0.968. The number of carbonyl (C=O) groups is 3. The summed E-state index contributed by atoms with van der Waals surface area (Å²) < 4.78 is 0. The molecule has 5 nitrogen and oxygen atoms in total. The van der Waals surface area contributed by atoms with E-state index in [1.807, 2.05) is 25.1 Å². The average molecular weight is 272 g/mol. The molecule has 2 saturated heterocycles. The molecule has 1 aromatic carbocycles. The highest BCUT2D eigenvalue weighted by atomic mass is 16.2. The molecule has 3 amide bonds. The molecule has 0 aromatic heterocycles. The fourth-order valence-electron chi connectivity index (χ4n) is 2.77. The Bertz CT molecular complexity index is 575. The molecule has 3 rings (SSSR count). The second-order valence-electron chi connectivity index (χ2n) is 5.34. The molecular formula is C15H16N2O3. The molecule has 20 heavy (non-hydrogen) atoms. The lowest BCUT2D eigenvalue weighted by Gasteiger charge is -2.43. The lowest BCUT2D eigenvalue weighted by molar-refractivity contribution is -0.144. The van der Waals surface area contributed by atoms with Crippen LogP contribution in [0.2, 0.25) is 0 Å². The van der Waals surface area contributed by atoms with Crippen molar-refractivity contribution < 1.29 is 14.4 Å². The number of carbonyl (C=O) groups excluding carboxylic acids is 3. The zero-order valence-corrected chi connectivity index (χ0v) is 11.3. The van der Waals surface area contributed by atoms with Gasteiger partial charge in [-0.3, -0.25) is 19.3 Å². The third kappa shape index (κ3) is 1.99. The van der Waals surface area contributed by atoms with Gasteiger partial charge in [0.05, 0.1) is 6.04 Å². The number of hydrogen-bond donors (Lipinski definition) is 0. The molecule has 0 bridgehead atoms. The number of hydrogen-bond acceptors (Lipinski definition) is 3. The number of rotatable bonds is 2. The number of imide groups is 1. The van der Waals surface area contributed by atoms with Gasteiger partial charge >= 0.3 is 0 Å². The maximum atomic E-state index is 12.3. The van der Waals surface area contributed by atoms with Crippen LogP contribution < -0.4 is 0 Å². The van der Waals surface area contributed by atoms with Gasteiger partial charge in [0.25, 0.3) is 5.91 Å². The summed E-state index contributed by atoms with van der Waals surface area (Å²) in [5.41, 5.74) is 1.62. The summed E-state index contributed by atoms with van der Waals surface area (Å²) >= 11 is 0. The summed E-state index contributed by atoms with van der Waals surface area (Å²) in [5, 5.41) is 0. The maximum Gasteiger partial charge on any atom is 0.254 e. The molecule has 2 fully saturated rings. The van der Waals surface area contributed by atoms with Gasteiger partial charge in [-0.25, -0.2) is 0 Å². The zero-order valence-electron chi connectivity index (χ0n) is 11.3. The minimum atomic E-state index is -0.134. The lowest BCUT2D eigenvalue weighted by atomic mass is 10.0. The average Bonchev–Trinajstić information content (AvgIpc) is 2.69. The van der Waals surface area contributed by atoms with E-state index in [-0.39, 0.29) is 23.8 Å². The van der Waals surface area contributed by atoms with E-state index in [9.17, 15) is 14.4 Å². The van der Waals surface area contributed by atoms with Gasteiger partial charge in [-0.15, -0.1) is 0 Å². The van der Waals surface area contributed by atoms with E-state index in [4.69, 9.17) is 0 Å². The summed E-state index contributed by atoms with van der Waals surface area (Å²) in [6.07, 6.45) is 0.613. The third-order valence-corrected chi connectivity index (χ3v) is 3.98. The Kier molecular flexibility index (Phi) is 3.04. The minimum absolute atomic E-state index is 0.0292. The van der Waals surface area contributed by atoms with E-state index in [0.717, 1.165) is 5.56 Å². The molecule has 5 heteroatoms. The number of nitrogens with zero attached hydrogens (tertiary/aromatic N) is 2. The highest BCUT2D eigenvalue weighted by Gasteiger charge is 2.42. The highest BCUT2D eigenvalue weighted by molar-refractivity contribution is 6.03. The Balaban J connectivity index is 1.66. The fraction of sp³-hybridized carbons (Fsp3) is 0.400. The van der Waals surface area contributed by atoms with Crippen molar-refractivity contribution in [3.63, 3.8) is 0 Å². The Morgan fingerprint density at radius 2 is 1.70 bits per heavy atom. The van der Waals surface area contributed by atoms with Gasteiger partial charge < -0.3 is 4.90 Å². The van der Waals surface area contributed by atoms with Gasteiger partial charge in [0.15, 0.2) is 0 Å². The molecular weight excluding hydrogens is 256 g/mol. The first-order chi connectivity index (χ1) is 9.58.